The average molecular weight is 512 g/mol. The van der Waals surface area contributed by atoms with Crippen LogP contribution in [0.2, 0.25) is 0 Å². The van der Waals surface area contributed by atoms with Crippen molar-refractivity contribution in [2.24, 2.45) is 5.10 Å². The van der Waals surface area contributed by atoms with Crippen LogP contribution in [0.15, 0.2) is 76.3 Å². The highest BCUT2D eigenvalue weighted by molar-refractivity contribution is 9.10. The smallest absolute Gasteiger partial charge is 0.269 e. The van der Waals surface area contributed by atoms with Gasteiger partial charge in [-0.05, 0) is 66.1 Å². The number of rotatable bonds is 10. The van der Waals surface area contributed by atoms with Crippen molar-refractivity contribution in [2.75, 3.05) is 6.61 Å². The number of benzene rings is 3. The largest absolute Gasteiger partial charge is 0.490 e. The van der Waals surface area contributed by atoms with Gasteiger partial charge in [0.25, 0.3) is 5.69 Å². The molecule has 0 bridgehead atoms. The van der Waals surface area contributed by atoms with E-state index in [0.717, 1.165) is 21.2 Å². The Morgan fingerprint density at radius 3 is 2.39 bits per heavy atom. The third-order valence-corrected chi connectivity index (χ3v) is 5.02. The molecule has 9 heteroatoms. The Balaban J connectivity index is 1.59. The van der Waals surface area contributed by atoms with Gasteiger partial charge in [0.05, 0.1) is 24.2 Å². The summed E-state index contributed by atoms with van der Waals surface area (Å²) in [6, 6.07) is 19.0. The van der Waals surface area contributed by atoms with Gasteiger partial charge < -0.3 is 9.47 Å². The number of nitrogens with one attached hydrogen (secondary N) is 1. The van der Waals surface area contributed by atoms with E-state index in [0.29, 0.717) is 18.1 Å². The first-order valence-corrected chi connectivity index (χ1v) is 10.9. The lowest BCUT2D eigenvalue weighted by molar-refractivity contribution is -0.384. The number of ether oxygens (including phenoxy) is 2. The molecule has 0 radical (unpaired) electrons. The molecule has 3 rings (SSSR count). The molecule has 0 saturated carbocycles. The quantitative estimate of drug-likeness (QED) is 0.233. The van der Waals surface area contributed by atoms with Crippen molar-refractivity contribution in [1.82, 2.24) is 5.43 Å². The molecular weight excluding hydrogens is 490 g/mol. The molecule has 1 N–H and O–H groups in total. The number of nitro benzene ring substituents is 1. The number of amides is 1. The summed E-state index contributed by atoms with van der Waals surface area (Å²) in [5, 5.41) is 14.8. The Morgan fingerprint density at radius 2 is 1.73 bits per heavy atom. The molecule has 0 spiro atoms. The normalized spacial score (nSPS) is 10.7. The lowest BCUT2D eigenvalue weighted by Crippen LogP contribution is -2.19. The van der Waals surface area contributed by atoms with Gasteiger partial charge in [0.15, 0.2) is 11.5 Å². The van der Waals surface area contributed by atoms with Crippen LogP contribution >= 0.6 is 15.9 Å². The van der Waals surface area contributed by atoms with Crippen LogP contribution in [0.3, 0.4) is 0 Å². The van der Waals surface area contributed by atoms with Gasteiger partial charge in [0.2, 0.25) is 5.91 Å². The summed E-state index contributed by atoms with van der Waals surface area (Å²) >= 11 is 3.36. The summed E-state index contributed by atoms with van der Waals surface area (Å²) in [7, 11) is 0. The highest BCUT2D eigenvalue weighted by Gasteiger charge is 2.09. The second-order valence-corrected chi connectivity index (χ2v) is 7.86. The van der Waals surface area contributed by atoms with Crippen LogP contribution in [0.4, 0.5) is 5.69 Å². The third-order valence-electron chi connectivity index (χ3n) is 4.49. The van der Waals surface area contributed by atoms with E-state index in [1.165, 1.54) is 18.3 Å². The first kappa shape index (κ1) is 23.9. The zero-order chi connectivity index (χ0) is 23.6. The number of halogens is 1. The van der Waals surface area contributed by atoms with Crippen LogP contribution in [0.5, 0.6) is 11.5 Å². The van der Waals surface area contributed by atoms with E-state index in [4.69, 9.17) is 9.47 Å². The molecule has 0 aliphatic rings. The Kier molecular flexibility index (Phi) is 8.54. The maximum atomic E-state index is 12.1. The molecule has 8 nitrogen and oxygen atoms in total. The summed E-state index contributed by atoms with van der Waals surface area (Å²) in [4.78, 5) is 22.4. The number of nitrogens with zero attached hydrogens (tertiary/aromatic N) is 2. The van der Waals surface area contributed by atoms with Crippen LogP contribution in [0.25, 0.3) is 0 Å². The van der Waals surface area contributed by atoms with Crippen LogP contribution in [-0.2, 0) is 17.8 Å². The predicted octanol–water partition coefficient (Wildman–Crippen LogP) is 5.03. The second kappa shape index (κ2) is 11.8. The molecule has 0 fully saturated rings. The lowest BCUT2D eigenvalue weighted by atomic mass is 10.1. The third kappa shape index (κ3) is 7.43. The molecule has 1 amide bonds. The maximum absolute atomic E-state index is 12.1. The van der Waals surface area contributed by atoms with E-state index in [1.54, 1.807) is 30.3 Å². The van der Waals surface area contributed by atoms with Crippen molar-refractivity contribution in [3.63, 3.8) is 0 Å². The van der Waals surface area contributed by atoms with Crippen LogP contribution in [0, 0.1) is 10.1 Å². The first-order valence-electron chi connectivity index (χ1n) is 10.1. The molecule has 0 heterocycles. The number of nitro groups is 1. The van der Waals surface area contributed by atoms with Crippen molar-refractivity contribution in [2.45, 2.75) is 20.0 Å². The number of hydrogen-bond donors (Lipinski definition) is 1. The van der Waals surface area contributed by atoms with E-state index in [-0.39, 0.29) is 24.6 Å². The van der Waals surface area contributed by atoms with Gasteiger partial charge in [-0.25, -0.2) is 5.43 Å². The van der Waals surface area contributed by atoms with E-state index >= 15 is 0 Å². The fourth-order valence-corrected chi connectivity index (χ4v) is 3.14. The second-order valence-electron chi connectivity index (χ2n) is 6.95. The molecule has 0 unspecified atom stereocenters. The summed E-state index contributed by atoms with van der Waals surface area (Å²) < 4.78 is 12.5. The number of hydrazone groups is 1. The minimum absolute atomic E-state index is 0.0290. The van der Waals surface area contributed by atoms with E-state index in [9.17, 15) is 14.9 Å². The summed E-state index contributed by atoms with van der Waals surface area (Å²) in [5.74, 6) is 0.845. The van der Waals surface area contributed by atoms with Crippen molar-refractivity contribution in [3.05, 3.63) is 98.0 Å². The monoisotopic (exact) mass is 511 g/mol. The van der Waals surface area contributed by atoms with Crippen molar-refractivity contribution in [1.29, 1.82) is 0 Å². The van der Waals surface area contributed by atoms with Crippen LogP contribution < -0.4 is 14.9 Å². The number of carbonyl (C=O) groups excluding carboxylic acids is 1. The highest BCUT2D eigenvalue weighted by Crippen LogP contribution is 2.29. The van der Waals surface area contributed by atoms with E-state index < -0.39 is 4.92 Å². The average Bonchev–Trinajstić information content (AvgIpc) is 2.80. The van der Waals surface area contributed by atoms with Gasteiger partial charge in [-0.15, -0.1) is 0 Å². The minimum Gasteiger partial charge on any atom is -0.490 e. The van der Waals surface area contributed by atoms with Gasteiger partial charge in [0.1, 0.15) is 6.61 Å². The Hall–Kier alpha value is -3.72. The van der Waals surface area contributed by atoms with Gasteiger partial charge in [0, 0.05) is 16.6 Å². The fourth-order valence-electron chi connectivity index (χ4n) is 2.87. The molecule has 3 aromatic rings. The predicted molar refractivity (Wildman–Crippen MR) is 129 cm³/mol. The lowest BCUT2D eigenvalue weighted by Gasteiger charge is -2.12. The van der Waals surface area contributed by atoms with Crippen molar-refractivity contribution >= 4 is 33.7 Å². The Bertz CT molecular complexity index is 1130. The van der Waals surface area contributed by atoms with E-state index in [2.05, 4.69) is 26.5 Å². The van der Waals surface area contributed by atoms with Crippen LogP contribution in [0.1, 0.15) is 23.6 Å². The Morgan fingerprint density at radius 1 is 1.03 bits per heavy atom. The van der Waals surface area contributed by atoms with Gasteiger partial charge in [-0.1, -0.05) is 28.1 Å². The zero-order valence-electron chi connectivity index (χ0n) is 17.9. The molecule has 0 aromatic heterocycles. The topological polar surface area (TPSA) is 103 Å². The van der Waals surface area contributed by atoms with Gasteiger partial charge >= 0.3 is 0 Å². The van der Waals surface area contributed by atoms with Crippen molar-refractivity contribution < 1.29 is 19.2 Å². The first-order chi connectivity index (χ1) is 15.9. The number of hydrogen-bond acceptors (Lipinski definition) is 6. The maximum Gasteiger partial charge on any atom is 0.269 e. The molecule has 0 saturated heterocycles. The zero-order valence-corrected chi connectivity index (χ0v) is 19.4. The van der Waals surface area contributed by atoms with Crippen LogP contribution in [-0.4, -0.2) is 23.7 Å². The van der Waals surface area contributed by atoms with Gasteiger partial charge in [-0.3, -0.25) is 14.9 Å². The summed E-state index contributed by atoms with van der Waals surface area (Å²) in [6.45, 7) is 2.54. The molecule has 0 aliphatic heterocycles. The summed E-state index contributed by atoms with van der Waals surface area (Å²) in [6.07, 6.45) is 1.76. The molecule has 0 aliphatic carbocycles. The molecular formula is C24H22BrN3O5. The fraction of sp³-hybridized carbons (Fsp3) is 0.167. The summed E-state index contributed by atoms with van der Waals surface area (Å²) in [5.41, 5.74) is 4.96. The highest BCUT2D eigenvalue weighted by atomic mass is 79.9. The Labute approximate surface area is 199 Å². The molecule has 170 valence electrons. The van der Waals surface area contributed by atoms with E-state index in [1.807, 2.05) is 31.2 Å². The number of non-ortho nitro benzene ring substituents is 1. The number of carbonyl (C=O) groups is 1. The molecule has 0 atom stereocenters. The standard InChI is InChI=1S/C24H22BrN3O5/c1-2-32-23-13-19(15-26-27-24(29)14-17-3-8-20(25)9-4-17)7-12-22(23)33-16-18-5-10-21(11-6-18)28(30)31/h3-13,15H,2,14,16H2,1H3,(H,27,29)/b26-15+. The SMILES string of the molecule is CCOc1cc(/C=N/NC(=O)Cc2ccc(Br)cc2)ccc1OCc1ccc([N+](=O)[O-])cc1. The molecule has 3 aromatic carbocycles. The molecule has 33 heavy (non-hydrogen) atoms. The minimum atomic E-state index is -0.443. The van der Waals surface area contributed by atoms with Crippen molar-refractivity contribution in [3.8, 4) is 11.5 Å². The van der Waals surface area contributed by atoms with Gasteiger partial charge in [-0.2, -0.15) is 5.10 Å².